The average Bonchev–Trinajstić information content (AvgIpc) is 2.56. The quantitative estimate of drug-likeness (QED) is 0.770. The smallest absolute Gasteiger partial charge is 0.0456 e. The number of nitrogens with one attached hydrogen (secondary N) is 1. The molecule has 3 rings (SSSR count). The van der Waals surface area contributed by atoms with E-state index in [0.717, 1.165) is 24.5 Å². The Morgan fingerprint density at radius 2 is 2.25 bits per heavy atom. The van der Waals surface area contributed by atoms with Gasteiger partial charge in [0, 0.05) is 35.9 Å². The Morgan fingerprint density at radius 1 is 1.44 bits per heavy atom. The fourth-order valence-electron chi connectivity index (χ4n) is 2.66. The van der Waals surface area contributed by atoms with Crippen molar-refractivity contribution in [3.8, 4) is 0 Å². The lowest BCUT2D eigenvalue weighted by molar-refractivity contribution is 0.422. The second kappa shape index (κ2) is 4.44. The number of hydrogen-bond acceptors (Lipinski definition) is 2. The highest BCUT2D eigenvalue weighted by molar-refractivity contribution is 6.30. The van der Waals surface area contributed by atoms with E-state index in [-0.39, 0.29) is 12.4 Å². The van der Waals surface area contributed by atoms with Gasteiger partial charge in [-0.05, 0) is 31.0 Å². The lowest BCUT2D eigenvalue weighted by Gasteiger charge is -2.36. The minimum atomic E-state index is 0. The predicted molar refractivity (Wildman–Crippen MR) is 71.0 cm³/mol. The molecule has 16 heavy (non-hydrogen) atoms. The Labute approximate surface area is 107 Å². The number of hydrogen-bond donors (Lipinski definition) is 1. The van der Waals surface area contributed by atoms with Crippen LogP contribution in [-0.2, 0) is 6.42 Å². The zero-order valence-corrected chi connectivity index (χ0v) is 10.8. The number of rotatable bonds is 0. The number of piperazine rings is 1. The molecule has 1 fully saturated rings. The van der Waals surface area contributed by atoms with Gasteiger partial charge in [-0.1, -0.05) is 17.7 Å². The maximum Gasteiger partial charge on any atom is 0.0456 e. The fourth-order valence-corrected chi connectivity index (χ4v) is 2.83. The van der Waals surface area contributed by atoms with Gasteiger partial charge in [0.15, 0.2) is 0 Å². The van der Waals surface area contributed by atoms with E-state index in [0.29, 0.717) is 12.1 Å². The van der Waals surface area contributed by atoms with Gasteiger partial charge in [-0.2, -0.15) is 0 Å². The van der Waals surface area contributed by atoms with Crippen molar-refractivity contribution in [3.63, 3.8) is 0 Å². The molecule has 1 aromatic carbocycles. The van der Waals surface area contributed by atoms with Crippen molar-refractivity contribution in [2.24, 2.45) is 0 Å². The van der Waals surface area contributed by atoms with Crippen LogP contribution in [0.3, 0.4) is 0 Å². The molecule has 0 saturated carbocycles. The third kappa shape index (κ3) is 1.90. The van der Waals surface area contributed by atoms with E-state index in [1.165, 1.54) is 11.3 Å². The summed E-state index contributed by atoms with van der Waals surface area (Å²) in [4.78, 5) is 2.50. The summed E-state index contributed by atoms with van der Waals surface area (Å²) in [5.41, 5.74) is 2.79. The van der Waals surface area contributed by atoms with Gasteiger partial charge in [0.1, 0.15) is 0 Å². The number of fused-ring (bicyclic) bond motifs is 3. The molecule has 88 valence electrons. The number of nitrogens with zero attached hydrogens (tertiary/aromatic N) is 1. The lowest BCUT2D eigenvalue weighted by Crippen LogP contribution is -2.54. The van der Waals surface area contributed by atoms with Crippen LogP contribution in [0.5, 0.6) is 0 Å². The molecule has 0 aromatic heterocycles. The summed E-state index contributed by atoms with van der Waals surface area (Å²) in [6, 6.07) is 7.48. The van der Waals surface area contributed by atoms with Crippen LogP contribution in [0.2, 0.25) is 5.02 Å². The first kappa shape index (κ1) is 12.0. The summed E-state index contributed by atoms with van der Waals surface area (Å²) in [5.74, 6) is 0. The third-order valence-corrected chi connectivity index (χ3v) is 3.66. The Morgan fingerprint density at radius 3 is 3.06 bits per heavy atom. The highest BCUT2D eigenvalue weighted by atomic mass is 35.5. The lowest BCUT2D eigenvalue weighted by atomic mass is 10.1. The summed E-state index contributed by atoms with van der Waals surface area (Å²) >= 11 is 6.05. The van der Waals surface area contributed by atoms with Crippen LogP contribution in [0.4, 0.5) is 5.69 Å². The van der Waals surface area contributed by atoms with Gasteiger partial charge in [-0.15, -0.1) is 12.4 Å². The largest absolute Gasteiger partial charge is 0.365 e. The normalized spacial score (nSPS) is 27.0. The van der Waals surface area contributed by atoms with E-state index < -0.39 is 0 Å². The average molecular weight is 259 g/mol. The molecule has 2 nitrogen and oxygen atoms in total. The molecule has 0 aliphatic carbocycles. The van der Waals surface area contributed by atoms with Gasteiger partial charge < -0.3 is 10.2 Å². The standard InChI is InChI=1S/C12H15ClN2.ClH/c1-8-7-15-11(6-14-8)4-9-2-3-10(13)5-12(9)15;/h2-3,5,8,11,14H,4,6-7H2,1H3;1H/t8-,11-;/m1./s1. The topological polar surface area (TPSA) is 15.3 Å². The van der Waals surface area contributed by atoms with Crippen LogP contribution in [0.25, 0.3) is 0 Å². The van der Waals surface area contributed by atoms with Crippen LogP contribution in [0.1, 0.15) is 12.5 Å². The molecule has 2 heterocycles. The van der Waals surface area contributed by atoms with Crippen LogP contribution < -0.4 is 10.2 Å². The van der Waals surface area contributed by atoms with Crippen LogP contribution in [-0.4, -0.2) is 25.2 Å². The van der Waals surface area contributed by atoms with Crippen molar-refractivity contribution in [1.29, 1.82) is 0 Å². The molecule has 2 atom stereocenters. The molecular weight excluding hydrogens is 243 g/mol. The van der Waals surface area contributed by atoms with E-state index in [9.17, 15) is 0 Å². The van der Waals surface area contributed by atoms with Crippen molar-refractivity contribution < 1.29 is 0 Å². The molecule has 2 aliphatic heterocycles. The number of halogens is 2. The molecule has 1 N–H and O–H groups in total. The van der Waals surface area contributed by atoms with E-state index in [2.05, 4.69) is 29.3 Å². The van der Waals surface area contributed by atoms with E-state index in [1.54, 1.807) is 0 Å². The van der Waals surface area contributed by atoms with Crippen molar-refractivity contribution in [2.45, 2.75) is 25.4 Å². The van der Waals surface area contributed by atoms with E-state index in [4.69, 9.17) is 11.6 Å². The predicted octanol–water partition coefficient (Wildman–Crippen LogP) is 2.48. The number of benzene rings is 1. The minimum Gasteiger partial charge on any atom is -0.365 e. The second-order valence-electron chi connectivity index (χ2n) is 4.59. The number of anilines is 1. The van der Waals surface area contributed by atoms with Gasteiger partial charge in [-0.3, -0.25) is 0 Å². The molecule has 0 unspecified atom stereocenters. The van der Waals surface area contributed by atoms with Gasteiger partial charge in [0.05, 0.1) is 0 Å². The van der Waals surface area contributed by atoms with Gasteiger partial charge in [-0.25, -0.2) is 0 Å². The van der Waals surface area contributed by atoms with Crippen LogP contribution in [0.15, 0.2) is 18.2 Å². The first-order valence-corrected chi connectivity index (χ1v) is 5.90. The van der Waals surface area contributed by atoms with Gasteiger partial charge in [0.25, 0.3) is 0 Å². The van der Waals surface area contributed by atoms with Crippen molar-refractivity contribution in [2.75, 3.05) is 18.0 Å². The zero-order chi connectivity index (χ0) is 10.4. The molecule has 0 spiro atoms. The first-order valence-electron chi connectivity index (χ1n) is 5.52. The summed E-state index contributed by atoms with van der Waals surface area (Å²) in [5, 5.41) is 4.38. The summed E-state index contributed by atoms with van der Waals surface area (Å²) in [6.07, 6.45) is 1.16. The maximum absolute atomic E-state index is 6.05. The second-order valence-corrected chi connectivity index (χ2v) is 5.03. The first-order chi connectivity index (χ1) is 7.24. The Bertz CT molecular complexity index is 395. The Hall–Kier alpha value is -0.440. The molecule has 1 aromatic rings. The van der Waals surface area contributed by atoms with E-state index >= 15 is 0 Å². The molecule has 0 radical (unpaired) electrons. The zero-order valence-electron chi connectivity index (χ0n) is 9.24. The monoisotopic (exact) mass is 258 g/mol. The van der Waals surface area contributed by atoms with Crippen molar-refractivity contribution in [1.82, 2.24) is 5.32 Å². The molecule has 2 aliphatic rings. The summed E-state index contributed by atoms with van der Waals surface area (Å²) in [6.45, 7) is 4.42. The maximum atomic E-state index is 6.05. The van der Waals surface area contributed by atoms with Gasteiger partial charge in [0.2, 0.25) is 0 Å². The highest BCUT2D eigenvalue weighted by Gasteiger charge is 2.33. The molecule has 0 amide bonds. The molecule has 0 bridgehead atoms. The third-order valence-electron chi connectivity index (χ3n) is 3.43. The summed E-state index contributed by atoms with van der Waals surface area (Å²) in [7, 11) is 0. The molecular formula is C12H16Cl2N2. The Kier molecular flexibility index (Phi) is 3.34. The molecule has 1 saturated heterocycles. The van der Waals surface area contributed by atoms with E-state index in [1.807, 2.05) is 6.07 Å². The van der Waals surface area contributed by atoms with Crippen molar-refractivity contribution in [3.05, 3.63) is 28.8 Å². The minimum absolute atomic E-state index is 0. The SMILES string of the molecule is C[C@@H]1CN2c3cc(Cl)ccc3C[C@@H]2CN1.Cl. The van der Waals surface area contributed by atoms with Crippen LogP contribution >= 0.6 is 24.0 Å². The van der Waals surface area contributed by atoms with Crippen molar-refractivity contribution >= 4 is 29.7 Å². The summed E-state index contributed by atoms with van der Waals surface area (Å²) < 4.78 is 0. The molecule has 4 heteroatoms. The highest BCUT2D eigenvalue weighted by Crippen LogP contribution is 2.35. The Balaban J connectivity index is 0.000000963. The van der Waals surface area contributed by atoms with Gasteiger partial charge >= 0.3 is 0 Å². The fraction of sp³-hybridized carbons (Fsp3) is 0.500. The van der Waals surface area contributed by atoms with Crippen LogP contribution in [0, 0.1) is 0 Å².